The van der Waals surface area contributed by atoms with Crippen LogP contribution in [0.2, 0.25) is 5.02 Å². The van der Waals surface area contributed by atoms with Gasteiger partial charge in [-0.1, -0.05) is 24.4 Å². The van der Waals surface area contributed by atoms with Crippen LogP contribution in [0.4, 0.5) is 10.1 Å². The van der Waals surface area contributed by atoms with Gasteiger partial charge in [-0.15, -0.1) is 0 Å². The molecule has 1 aromatic rings. The minimum Gasteiger partial charge on any atom is -0.396 e. The van der Waals surface area contributed by atoms with Gasteiger partial charge in [0, 0.05) is 11.6 Å². The first-order valence-electron chi connectivity index (χ1n) is 6.20. The number of aliphatic hydroxyl groups is 1. The van der Waals surface area contributed by atoms with E-state index < -0.39 is 26.3 Å². The summed E-state index contributed by atoms with van der Waals surface area (Å²) in [6, 6.07) is 2.13. The number of halogens is 2. The average Bonchev–Trinajstić information content (AvgIpc) is 2.79. The quantitative estimate of drug-likeness (QED) is 0.735. The zero-order valence-electron chi connectivity index (χ0n) is 10.7. The highest BCUT2D eigenvalue weighted by Crippen LogP contribution is 2.30. The Hall–Kier alpha value is -0.890. The Bertz CT molecular complexity index is 615. The molecule has 0 amide bonds. The van der Waals surface area contributed by atoms with Crippen LogP contribution in [-0.2, 0) is 10.0 Å². The predicted molar refractivity (Wildman–Crippen MR) is 74.4 cm³/mol. The lowest BCUT2D eigenvalue weighted by atomic mass is 10.0. The Kier molecular flexibility index (Phi) is 4.24. The van der Waals surface area contributed by atoms with E-state index in [0.29, 0.717) is 12.8 Å². The summed E-state index contributed by atoms with van der Waals surface area (Å²) in [5.74, 6) is -1.04. The van der Waals surface area contributed by atoms with E-state index in [4.69, 9.17) is 17.3 Å². The first-order chi connectivity index (χ1) is 9.23. The maximum absolute atomic E-state index is 13.8. The first-order valence-corrected chi connectivity index (χ1v) is 8.06. The third kappa shape index (κ3) is 3.22. The van der Waals surface area contributed by atoms with Crippen molar-refractivity contribution in [2.75, 3.05) is 12.3 Å². The van der Waals surface area contributed by atoms with Crippen LogP contribution in [0.25, 0.3) is 0 Å². The molecule has 0 bridgehead atoms. The number of nitrogen functional groups attached to an aromatic ring is 1. The van der Waals surface area contributed by atoms with Crippen molar-refractivity contribution in [1.82, 2.24) is 4.72 Å². The molecule has 0 saturated heterocycles. The summed E-state index contributed by atoms with van der Waals surface area (Å²) in [5, 5.41) is 10.1. The fourth-order valence-corrected chi connectivity index (χ4v) is 3.84. The van der Waals surface area contributed by atoms with E-state index in [-0.39, 0.29) is 17.3 Å². The smallest absolute Gasteiger partial charge is 0.243 e. The van der Waals surface area contributed by atoms with Gasteiger partial charge in [0.2, 0.25) is 10.0 Å². The van der Waals surface area contributed by atoms with E-state index in [1.54, 1.807) is 0 Å². The molecule has 1 aromatic carbocycles. The van der Waals surface area contributed by atoms with Gasteiger partial charge in [0.05, 0.1) is 11.3 Å². The number of anilines is 1. The second-order valence-electron chi connectivity index (χ2n) is 5.06. The van der Waals surface area contributed by atoms with Crippen molar-refractivity contribution in [3.8, 4) is 0 Å². The van der Waals surface area contributed by atoms with Crippen LogP contribution in [0.5, 0.6) is 0 Å². The van der Waals surface area contributed by atoms with E-state index in [9.17, 15) is 17.9 Å². The number of nitrogens with two attached hydrogens (primary N) is 1. The molecule has 1 aliphatic rings. The molecule has 1 fully saturated rings. The summed E-state index contributed by atoms with van der Waals surface area (Å²) in [6.07, 6.45) is 2.73. The van der Waals surface area contributed by atoms with Crippen LogP contribution in [0.1, 0.15) is 25.7 Å². The molecule has 0 aromatic heterocycles. The third-order valence-corrected chi connectivity index (χ3v) is 5.07. The molecule has 112 valence electrons. The molecule has 0 radical (unpaired) electrons. The molecule has 4 N–H and O–H groups in total. The SMILES string of the molecule is Nc1cc(Cl)cc(S(=O)(=O)NCC2(O)CCCC2)c1F. The van der Waals surface area contributed by atoms with Gasteiger partial charge in [0.25, 0.3) is 0 Å². The maximum atomic E-state index is 13.8. The molecule has 8 heteroatoms. The number of rotatable bonds is 4. The van der Waals surface area contributed by atoms with Crippen molar-refractivity contribution in [2.45, 2.75) is 36.2 Å². The summed E-state index contributed by atoms with van der Waals surface area (Å²) in [4.78, 5) is -0.607. The molecular formula is C12H16ClFN2O3S. The highest BCUT2D eigenvalue weighted by molar-refractivity contribution is 7.89. The van der Waals surface area contributed by atoms with Crippen LogP contribution < -0.4 is 10.5 Å². The fraction of sp³-hybridized carbons (Fsp3) is 0.500. The van der Waals surface area contributed by atoms with Gasteiger partial charge in [-0.05, 0) is 25.0 Å². The van der Waals surface area contributed by atoms with Gasteiger partial charge < -0.3 is 10.8 Å². The molecule has 0 heterocycles. The van der Waals surface area contributed by atoms with Crippen molar-refractivity contribution in [3.63, 3.8) is 0 Å². The van der Waals surface area contributed by atoms with Crippen LogP contribution in [0.3, 0.4) is 0 Å². The van der Waals surface area contributed by atoms with E-state index in [1.807, 2.05) is 0 Å². The molecule has 20 heavy (non-hydrogen) atoms. The first kappa shape index (κ1) is 15.5. The second kappa shape index (κ2) is 5.48. The minimum absolute atomic E-state index is 0.0313. The van der Waals surface area contributed by atoms with Gasteiger partial charge in [-0.25, -0.2) is 17.5 Å². The van der Waals surface area contributed by atoms with E-state index in [0.717, 1.165) is 25.0 Å². The summed E-state index contributed by atoms with van der Waals surface area (Å²) in [7, 11) is -4.11. The van der Waals surface area contributed by atoms with Gasteiger partial charge in [0.1, 0.15) is 4.90 Å². The number of nitrogens with one attached hydrogen (secondary N) is 1. The molecule has 0 aliphatic heterocycles. The Labute approximate surface area is 122 Å². The van der Waals surface area contributed by atoms with Gasteiger partial charge in [-0.2, -0.15) is 0 Å². The third-order valence-electron chi connectivity index (χ3n) is 3.45. The van der Waals surface area contributed by atoms with Crippen molar-refractivity contribution < 1.29 is 17.9 Å². The van der Waals surface area contributed by atoms with Crippen LogP contribution in [-0.4, -0.2) is 25.7 Å². The van der Waals surface area contributed by atoms with Gasteiger partial charge in [-0.3, -0.25) is 0 Å². The molecule has 1 aliphatic carbocycles. The van der Waals surface area contributed by atoms with E-state index >= 15 is 0 Å². The number of hydrogen-bond donors (Lipinski definition) is 3. The Morgan fingerprint density at radius 3 is 2.60 bits per heavy atom. The number of benzene rings is 1. The van der Waals surface area contributed by atoms with Crippen LogP contribution in [0.15, 0.2) is 17.0 Å². The topological polar surface area (TPSA) is 92.4 Å². The number of sulfonamides is 1. The molecular weight excluding hydrogens is 307 g/mol. The van der Waals surface area contributed by atoms with Crippen molar-refractivity contribution in [3.05, 3.63) is 23.0 Å². The lowest BCUT2D eigenvalue weighted by Gasteiger charge is -2.22. The lowest BCUT2D eigenvalue weighted by molar-refractivity contribution is 0.0531. The maximum Gasteiger partial charge on any atom is 0.243 e. The normalized spacial score (nSPS) is 18.4. The average molecular weight is 323 g/mol. The summed E-state index contributed by atoms with van der Waals surface area (Å²) in [5.41, 5.74) is 3.96. The van der Waals surface area contributed by atoms with Gasteiger partial charge in [0.15, 0.2) is 5.82 Å². The fourth-order valence-electron chi connectivity index (χ4n) is 2.30. The van der Waals surface area contributed by atoms with Crippen LogP contribution >= 0.6 is 11.6 Å². The molecule has 0 atom stereocenters. The summed E-state index contributed by atoms with van der Waals surface area (Å²) in [6.45, 7) is -0.152. The Morgan fingerprint density at radius 1 is 1.40 bits per heavy atom. The Balaban J connectivity index is 2.22. The highest BCUT2D eigenvalue weighted by atomic mass is 35.5. The largest absolute Gasteiger partial charge is 0.396 e. The standard InChI is InChI=1S/C12H16ClFN2O3S/c13-8-5-9(15)11(14)10(6-8)20(18,19)16-7-12(17)3-1-2-4-12/h5-6,16-17H,1-4,7,15H2. The predicted octanol–water partition coefficient (Wildman–Crippen LogP) is 1.64. The molecule has 5 nitrogen and oxygen atoms in total. The zero-order valence-corrected chi connectivity index (χ0v) is 12.3. The Morgan fingerprint density at radius 2 is 2.00 bits per heavy atom. The summed E-state index contributed by atoms with van der Waals surface area (Å²) >= 11 is 5.69. The number of hydrogen-bond acceptors (Lipinski definition) is 4. The van der Waals surface area contributed by atoms with Crippen LogP contribution in [0, 0.1) is 5.82 Å². The summed E-state index contributed by atoms with van der Waals surface area (Å²) < 4.78 is 40.2. The van der Waals surface area contributed by atoms with E-state index in [2.05, 4.69) is 4.72 Å². The molecule has 0 unspecified atom stereocenters. The van der Waals surface area contributed by atoms with Crippen molar-refractivity contribution >= 4 is 27.3 Å². The molecule has 2 rings (SSSR count). The lowest BCUT2D eigenvalue weighted by Crippen LogP contribution is -2.41. The molecule has 0 spiro atoms. The van der Waals surface area contributed by atoms with Crippen molar-refractivity contribution in [1.29, 1.82) is 0 Å². The minimum atomic E-state index is -4.11. The molecule has 1 saturated carbocycles. The highest BCUT2D eigenvalue weighted by Gasteiger charge is 2.33. The van der Waals surface area contributed by atoms with E-state index in [1.165, 1.54) is 0 Å². The van der Waals surface area contributed by atoms with Crippen molar-refractivity contribution in [2.24, 2.45) is 0 Å². The second-order valence-corrected chi connectivity index (χ2v) is 7.23. The van der Waals surface area contributed by atoms with Gasteiger partial charge >= 0.3 is 0 Å². The zero-order chi connectivity index (χ0) is 15.0. The monoisotopic (exact) mass is 322 g/mol.